The third kappa shape index (κ3) is 4.28. The SMILES string of the molecule is CCOC(=O)c1c(C)oc(NC(=O)C2CC(=O)N(c3ccc4c(c3)OCO4)C2)c1C(=O)OCC. The molecule has 1 unspecified atom stereocenters. The highest BCUT2D eigenvalue weighted by atomic mass is 16.7. The summed E-state index contributed by atoms with van der Waals surface area (Å²) in [5, 5.41) is 2.55. The second-order valence-corrected chi connectivity index (χ2v) is 7.61. The van der Waals surface area contributed by atoms with Crippen molar-refractivity contribution >= 4 is 35.3 Å². The normalized spacial score (nSPS) is 16.5. The van der Waals surface area contributed by atoms with Crippen LogP contribution in [-0.4, -0.2) is 50.3 Å². The molecular weight excluding hydrogens is 448 g/mol. The molecule has 180 valence electrons. The summed E-state index contributed by atoms with van der Waals surface area (Å²) < 4.78 is 26.2. The number of anilines is 2. The van der Waals surface area contributed by atoms with E-state index in [4.69, 9.17) is 23.4 Å². The Bertz CT molecular complexity index is 1150. The summed E-state index contributed by atoms with van der Waals surface area (Å²) in [6, 6.07) is 5.10. The monoisotopic (exact) mass is 472 g/mol. The Morgan fingerprint density at radius 1 is 1.06 bits per heavy atom. The Labute approximate surface area is 194 Å². The lowest BCUT2D eigenvalue weighted by molar-refractivity contribution is -0.122. The van der Waals surface area contributed by atoms with Crippen molar-refractivity contribution in [1.29, 1.82) is 0 Å². The number of esters is 2. The molecule has 11 heteroatoms. The molecule has 1 saturated heterocycles. The number of furan rings is 1. The number of carbonyl (C=O) groups is 4. The topological polar surface area (TPSA) is 134 Å². The molecule has 2 aromatic rings. The van der Waals surface area contributed by atoms with Crippen LogP contribution in [0.5, 0.6) is 11.5 Å². The first-order valence-corrected chi connectivity index (χ1v) is 10.8. The zero-order valence-corrected chi connectivity index (χ0v) is 19.0. The molecule has 3 heterocycles. The average molecular weight is 472 g/mol. The van der Waals surface area contributed by atoms with E-state index in [2.05, 4.69) is 5.32 Å². The zero-order valence-electron chi connectivity index (χ0n) is 19.0. The molecule has 2 aliphatic rings. The number of rotatable bonds is 7. The fourth-order valence-corrected chi connectivity index (χ4v) is 3.88. The maximum absolute atomic E-state index is 13.0. The van der Waals surface area contributed by atoms with Crippen LogP contribution < -0.4 is 19.7 Å². The van der Waals surface area contributed by atoms with Crippen molar-refractivity contribution in [3.63, 3.8) is 0 Å². The Hall–Kier alpha value is -4.02. The molecule has 2 amide bonds. The summed E-state index contributed by atoms with van der Waals surface area (Å²) in [5.74, 6) is -2.11. The van der Waals surface area contributed by atoms with Gasteiger partial charge < -0.3 is 28.3 Å². The lowest BCUT2D eigenvalue weighted by atomic mass is 10.1. The Morgan fingerprint density at radius 3 is 2.44 bits per heavy atom. The Kier molecular flexibility index (Phi) is 6.44. The van der Waals surface area contributed by atoms with Crippen LogP contribution in [0.4, 0.5) is 11.6 Å². The van der Waals surface area contributed by atoms with Gasteiger partial charge in [0.05, 0.1) is 19.1 Å². The molecule has 1 fully saturated rings. The van der Waals surface area contributed by atoms with E-state index in [0.717, 1.165) is 0 Å². The molecule has 0 aliphatic carbocycles. The number of carbonyl (C=O) groups excluding carboxylic acids is 4. The molecule has 0 radical (unpaired) electrons. The van der Waals surface area contributed by atoms with Gasteiger partial charge >= 0.3 is 11.9 Å². The lowest BCUT2D eigenvalue weighted by Gasteiger charge is -2.17. The molecule has 0 bridgehead atoms. The number of aryl methyl sites for hydroxylation is 1. The second-order valence-electron chi connectivity index (χ2n) is 7.61. The Morgan fingerprint density at radius 2 is 1.74 bits per heavy atom. The van der Waals surface area contributed by atoms with Crippen molar-refractivity contribution in [3.05, 3.63) is 35.1 Å². The highest BCUT2D eigenvalue weighted by Gasteiger charge is 2.38. The van der Waals surface area contributed by atoms with Crippen LogP contribution in [0.2, 0.25) is 0 Å². The smallest absolute Gasteiger partial charge is 0.344 e. The summed E-state index contributed by atoms with van der Waals surface area (Å²) in [5.41, 5.74) is 0.249. The zero-order chi connectivity index (χ0) is 24.4. The molecule has 2 aliphatic heterocycles. The van der Waals surface area contributed by atoms with E-state index in [9.17, 15) is 19.2 Å². The molecule has 11 nitrogen and oxygen atoms in total. The van der Waals surface area contributed by atoms with Gasteiger partial charge in [-0.05, 0) is 32.9 Å². The van der Waals surface area contributed by atoms with E-state index in [1.54, 1.807) is 32.0 Å². The molecular formula is C23H24N2O9. The standard InChI is InChI=1S/C23H24N2O9/c1-4-30-22(28)18-12(3)34-21(19(18)23(29)31-5-2)24-20(27)13-8-17(26)25(10-13)14-6-7-15-16(9-14)33-11-32-15/h6-7,9,13H,4-5,8,10-11H2,1-3H3,(H,24,27). The summed E-state index contributed by atoms with van der Waals surface area (Å²) in [4.78, 5) is 52.1. The van der Waals surface area contributed by atoms with E-state index in [0.29, 0.717) is 17.2 Å². The first-order chi connectivity index (χ1) is 16.3. The van der Waals surface area contributed by atoms with Gasteiger partial charge in [-0.25, -0.2) is 9.59 Å². The summed E-state index contributed by atoms with van der Waals surface area (Å²) in [6.07, 6.45) is -0.0422. The molecule has 0 saturated carbocycles. The highest BCUT2D eigenvalue weighted by Crippen LogP contribution is 2.37. The minimum absolute atomic E-state index is 0.0422. The van der Waals surface area contributed by atoms with Gasteiger partial charge in [-0.2, -0.15) is 0 Å². The number of nitrogens with one attached hydrogen (secondary N) is 1. The van der Waals surface area contributed by atoms with Crippen LogP contribution in [0.1, 0.15) is 46.7 Å². The van der Waals surface area contributed by atoms with E-state index in [1.807, 2.05) is 0 Å². The number of nitrogens with zero attached hydrogens (tertiary/aromatic N) is 1. The van der Waals surface area contributed by atoms with Crippen molar-refractivity contribution in [2.75, 3.05) is 36.8 Å². The molecule has 1 aromatic heterocycles. The molecule has 1 atom stereocenters. The molecule has 4 rings (SSSR count). The third-order valence-electron chi connectivity index (χ3n) is 5.44. The van der Waals surface area contributed by atoms with Crippen molar-refractivity contribution < 1.29 is 42.5 Å². The van der Waals surface area contributed by atoms with Crippen LogP contribution in [0.15, 0.2) is 22.6 Å². The maximum Gasteiger partial charge on any atom is 0.344 e. The van der Waals surface area contributed by atoms with Gasteiger partial charge in [0, 0.05) is 24.7 Å². The van der Waals surface area contributed by atoms with Crippen molar-refractivity contribution in [3.8, 4) is 11.5 Å². The number of ether oxygens (including phenoxy) is 4. The van der Waals surface area contributed by atoms with Gasteiger partial charge in [0.15, 0.2) is 11.5 Å². The lowest BCUT2D eigenvalue weighted by Crippen LogP contribution is -2.28. The molecule has 34 heavy (non-hydrogen) atoms. The van der Waals surface area contributed by atoms with Crippen molar-refractivity contribution in [2.45, 2.75) is 27.2 Å². The fraction of sp³-hybridized carbons (Fsp3) is 0.391. The van der Waals surface area contributed by atoms with Crippen LogP contribution in [0.25, 0.3) is 0 Å². The molecule has 1 aromatic carbocycles. The van der Waals surface area contributed by atoms with Gasteiger partial charge in [-0.3, -0.25) is 14.9 Å². The maximum atomic E-state index is 13.0. The summed E-state index contributed by atoms with van der Waals surface area (Å²) in [7, 11) is 0. The average Bonchev–Trinajstić information content (AvgIpc) is 3.50. The largest absolute Gasteiger partial charge is 0.462 e. The highest BCUT2D eigenvalue weighted by molar-refractivity contribution is 6.10. The van der Waals surface area contributed by atoms with Crippen molar-refractivity contribution in [1.82, 2.24) is 0 Å². The van der Waals surface area contributed by atoms with Gasteiger partial charge in [-0.1, -0.05) is 0 Å². The number of hydrogen-bond donors (Lipinski definition) is 1. The van der Waals surface area contributed by atoms with Crippen LogP contribution in [-0.2, 0) is 19.1 Å². The van der Waals surface area contributed by atoms with E-state index < -0.39 is 23.8 Å². The van der Waals surface area contributed by atoms with Crippen molar-refractivity contribution in [2.24, 2.45) is 5.92 Å². The predicted octanol–water partition coefficient (Wildman–Crippen LogP) is 2.66. The molecule has 1 N–H and O–H groups in total. The second kappa shape index (κ2) is 9.46. The molecule has 0 spiro atoms. The number of benzene rings is 1. The summed E-state index contributed by atoms with van der Waals surface area (Å²) in [6.45, 7) is 5.09. The minimum Gasteiger partial charge on any atom is -0.462 e. The van der Waals surface area contributed by atoms with Gasteiger partial charge in [0.2, 0.25) is 24.5 Å². The number of fused-ring (bicyclic) bond motifs is 1. The van der Waals surface area contributed by atoms with Crippen LogP contribution in [0.3, 0.4) is 0 Å². The van der Waals surface area contributed by atoms with E-state index >= 15 is 0 Å². The first-order valence-electron chi connectivity index (χ1n) is 10.8. The number of hydrogen-bond acceptors (Lipinski definition) is 9. The van der Waals surface area contributed by atoms with E-state index in [1.165, 1.54) is 11.8 Å². The Balaban J connectivity index is 1.54. The van der Waals surface area contributed by atoms with Gasteiger partial charge in [-0.15, -0.1) is 0 Å². The fourth-order valence-electron chi connectivity index (χ4n) is 3.88. The van der Waals surface area contributed by atoms with Gasteiger partial charge in [0.1, 0.15) is 16.9 Å². The first kappa shape index (κ1) is 23.1. The third-order valence-corrected chi connectivity index (χ3v) is 5.44. The summed E-state index contributed by atoms with van der Waals surface area (Å²) >= 11 is 0. The minimum atomic E-state index is -0.831. The van der Waals surface area contributed by atoms with E-state index in [-0.39, 0.29) is 61.7 Å². The predicted molar refractivity (Wildman–Crippen MR) is 117 cm³/mol. The van der Waals surface area contributed by atoms with Crippen LogP contribution >= 0.6 is 0 Å². The van der Waals surface area contributed by atoms with Crippen LogP contribution in [0, 0.1) is 12.8 Å². The van der Waals surface area contributed by atoms with Gasteiger partial charge in [0.25, 0.3) is 0 Å². The quantitative estimate of drug-likeness (QED) is 0.604. The number of amides is 2.